The molecule has 0 aliphatic heterocycles. The molecule has 0 radical (unpaired) electrons. The van der Waals surface area contributed by atoms with Crippen LogP contribution in [-0.4, -0.2) is 49.3 Å². The monoisotopic (exact) mass is 1310 g/mol. The minimum Gasteiger partial charge on any atom is -1.00 e. The molecule has 8 heteroatoms. The molecular formula is C76H112Cl2P4Ti2-2. The van der Waals surface area contributed by atoms with E-state index < -0.39 is 0 Å². The number of rotatable bonds is 36. The molecule has 0 nitrogen and oxygen atoms in total. The first-order chi connectivity index (χ1) is 39.4. The Morgan fingerprint density at radius 1 is 0.238 bits per heavy atom. The number of halogens is 2. The maximum atomic E-state index is 2.47. The average molecular weight is 1320 g/mol. The van der Waals surface area contributed by atoms with Crippen molar-refractivity contribution in [3.05, 3.63) is 146 Å². The summed E-state index contributed by atoms with van der Waals surface area (Å²) >= 11 is 0. The van der Waals surface area contributed by atoms with Gasteiger partial charge in [-0.15, -0.1) is 161 Å². The molecule has 0 heterocycles. The molecule has 0 fully saturated rings. The van der Waals surface area contributed by atoms with Crippen LogP contribution in [0, 0.1) is 0 Å². The molecule has 460 valence electrons. The number of hydrogen-bond donors (Lipinski definition) is 0. The molecule has 0 unspecified atom stereocenters. The summed E-state index contributed by atoms with van der Waals surface area (Å²) in [6.07, 6.45) is 44.7. The Kier molecular flexibility index (Phi) is 49.0. The fourth-order valence-electron chi connectivity index (χ4n) is 11.1. The van der Waals surface area contributed by atoms with Crippen LogP contribution in [0.1, 0.15) is 209 Å². The Hall–Kier alpha value is -0.951. The zero-order chi connectivity index (χ0) is 56.8. The third kappa shape index (κ3) is 30.2. The van der Waals surface area contributed by atoms with E-state index in [9.17, 15) is 0 Å². The van der Waals surface area contributed by atoms with Crippen LogP contribution in [0.5, 0.6) is 0 Å². The quantitative estimate of drug-likeness (QED) is 0.0159. The van der Waals surface area contributed by atoms with Crippen LogP contribution >= 0.6 is 31.7 Å². The van der Waals surface area contributed by atoms with Gasteiger partial charge in [0.15, 0.2) is 0 Å². The average Bonchev–Trinajstić information content (AvgIpc) is 4.40. The van der Waals surface area contributed by atoms with E-state index in [-0.39, 0.29) is 99.9 Å². The van der Waals surface area contributed by atoms with Crippen LogP contribution in [-0.2, 0) is 43.4 Å². The zero-order valence-electron chi connectivity index (χ0n) is 54.0. The van der Waals surface area contributed by atoms with Gasteiger partial charge in [-0.1, -0.05) is 214 Å². The molecule has 0 N–H and O–H groups in total. The van der Waals surface area contributed by atoms with Crippen molar-refractivity contribution in [3.63, 3.8) is 0 Å². The Bertz CT molecular complexity index is 2410. The van der Waals surface area contributed by atoms with Gasteiger partial charge in [-0.3, -0.25) is 0 Å². The molecule has 8 aromatic rings. The first kappa shape index (κ1) is 81.1. The predicted octanol–water partition coefficient (Wildman–Crippen LogP) is 18.2. The van der Waals surface area contributed by atoms with Gasteiger partial charge in [0, 0.05) is 0 Å². The minimum atomic E-state index is 0. The number of benzene rings is 4. The van der Waals surface area contributed by atoms with Crippen LogP contribution in [0.15, 0.2) is 146 Å². The van der Waals surface area contributed by atoms with Crippen LogP contribution in [0.2, 0.25) is 0 Å². The normalized spacial score (nSPS) is 11.0. The van der Waals surface area contributed by atoms with Crippen molar-refractivity contribution < 1.29 is 68.2 Å². The van der Waals surface area contributed by atoms with Crippen molar-refractivity contribution in [2.24, 2.45) is 0 Å². The summed E-state index contributed by atoms with van der Waals surface area (Å²) in [6, 6.07) is 54.9. The van der Waals surface area contributed by atoms with Crippen LogP contribution in [0.25, 0.3) is 43.1 Å². The van der Waals surface area contributed by atoms with E-state index in [1.807, 2.05) is 0 Å². The molecule has 0 atom stereocenters. The van der Waals surface area contributed by atoms with E-state index in [1.165, 1.54) is 246 Å². The van der Waals surface area contributed by atoms with Crippen molar-refractivity contribution >= 4 is 96.0 Å². The molecule has 0 saturated heterocycles. The van der Waals surface area contributed by atoms with Crippen molar-refractivity contribution in [2.75, 3.05) is 49.3 Å². The Balaban J connectivity index is 0.000000553. The second kappa shape index (κ2) is 50.8. The molecule has 0 aromatic heterocycles. The summed E-state index contributed by atoms with van der Waals surface area (Å²) in [4.78, 5) is 0. The third-order valence-corrected chi connectivity index (χ3v) is 26.9. The Morgan fingerprint density at radius 3 is 0.595 bits per heavy atom. The smallest absolute Gasteiger partial charge is 1.00 e. The van der Waals surface area contributed by atoms with Gasteiger partial charge in [-0.05, 0) is 101 Å². The fourth-order valence-corrected chi connectivity index (χ4v) is 21.8. The summed E-state index contributed by atoms with van der Waals surface area (Å²) in [7, 11) is 0.300. The van der Waals surface area contributed by atoms with Crippen LogP contribution < -0.4 is 46.0 Å². The van der Waals surface area contributed by atoms with E-state index in [0.717, 1.165) is 0 Å². The Morgan fingerprint density at radius 2 is 0.417 bits per heavy atom. The van der Waals surface area contributed by atoms with Gasteiger partial charge in [-0.25, -0.2) is 0 Å². The molecule has 84 heavy (non-hydrogen) atoms. The number of fused-ring (bicyclic) bond motifs is 4. The number of hydrogen-bond acceptors (Lipinski definition) is 0. The molecule has 0 spiro atoms. The largest absolute Gasteiger partial charge is 2.00 e. The molecule has 0 aliphatic carbocycles. The summed E-state index contributed by atoms with van der Waals surface area (Å²) in [5.74, 6) is 0. The standard InChI is InChI=1S/2C21H32P.2C17H24P.2ClH.2Ti/c2*1-3-5-7-11-15-22(16-12-8-6-4-2)21-17-19-13-9-10-14-20(19)18-21;2*1-3-5-11-18(12-6-4-2)17-13-15-9-7-8-10-16(15)14-17;;;;/h2*9-10,13-14,17-18H,3-8,11-12,15-16H2,1-2H3;2*7-10,13-14H,3-6,11-12H2,1-2H3;2*1H;;/q4*-1;;;2*+2/p-2. The second-order valence-corrected chi connectivity index (χ2v) is 32.9. The minimum absolute atomic E-state index is 0. The van der Waals surface area contributed by atoms with Gasteiger partial charge in [-0.2, -0.15) is 24.3 Å². The maximum Gasteiger partial charge on any atom is 2.00 e. The van der Waals surface area contributed by atoms with Gasteiger partial charge in [0.1, 0.15) is 0 Å². The first-order valence-electron chi connectivity index (χ1n) is 33.0. The zero-order valence-corrected chi connectivity index (χ0v) is 62.2. The predicted molar refractivity (Wildman–Crippen MR) is 380 cm³/mol. The van der Waals surface area contributed by atoms with Crippen molar-refractivity contribution in [1.82, 2.24) is 0 Å². The van der Waals surface area contributed by atoms with Crippen LogP contribution in [0.3, 0.4) is 0 Å². The van der Waals surface area contributed by atoms with E-state index in [4.69, 9.17) is 0 Å². The summed E-state index contributed by atoms with van der Waals surface area (Å²) in [5, 5.41) is 18.0. The molecule has 8 rings (SSSR count). The van der Waals surface area contributed by atoms with E-state index >= 15 is 0 Å². The second-order valence-electron chi connectivity index (χ2n) is 23.0. The van der Waals surface area contributed by atoms with Crippen molar-refractivity contribution in [3.8, 4) is 0 Å². The molecule has 0 aliphatic rings. The SMILES string of the molecule is CCCCCCP(CCCCCC)c1cc2ccccc2[cH-]1.CCCCCCP(CCCCCC)c1cc2ccccc2[cH-]1.CCCCP(CCCC)c1cc2ccccc2[cH-]1.CCCCP(CCCC)c1cc2ccccc2[cH-]1.[Cl-].[Cl-].[Ti+2].[Ti+2]. The van der Waals surface area contributed by atoms with Gasteiger partial charge < -0.3 is 24.8 Å². The molecule has 0 amide bonds. The molecule has 8 aromatic carbocycles. The fraction of sp³-hybridized carbons (Fsp3) is 0.526. The number of unbranched alkanes of at least 4 members (excludes halogenated alkanes) is 16. The van der Waals surface area contributed by atoms with E-state index in [1.54, 1.807) is 21.2 Å². The van der Waals surface area contributed by atoms with E-state index in [0.29, 0.717) is 0 Å². The van der Waals surface area contributed by atoms with Gasteiger partial charge in [0.25, 0.3) is 0 Å². The molecule has 0 bridgehead atoms. The van der Waals surface area contributed by atoms with Gasteiger partial charge >= 0.3 is 43.4 Å². The topological polar surface area (TPSA) is 0 Å². The molecular weight excluding hydrogens is 1200 g/mol. The summed E-state index contributed by atoms with van der Waals surface area (Å²) < 4.78 is 0. The van der Waals surface area contributed by atoms with Crippen LogP contribution in [0.4, 0.5) is 0 Å². The van der Waals surface area contributed by atoms with Crippen molar-refractivity contribution in [2.45, 2.75) is 209 Å². The third-order valence-electron chi connectivity index (χ3n) is 16.1. The van der Waals surface area contributed by atoms with Gasteiger partial charge in [0.2, 0.25) is 0 Å². The summed E-state index contributed by atoms with van der Waals surface area (Å²) in [5.41, 5.74) is 0. The molecule has 0 saturated carbocycles. The summed E-state index contributed by atoms with van der Waals surface area (Å²) in [6.45, 7) is 18.4. The maximum absolute atomic E-state index is 2.47. The van der Waals surface area contributed by atoms with E-state index in [2.05, 4.69) is 201 Å². The Labute approximate surface area is 563 Å². The van der Waals surface area contributed by atoms with Crippen molar-refractivity contribution in [1.29, 1.82) is 0 Å². The first-order valence-corrected chi connectivity index (χ1v) is 39.9. The van der Waals surface area contributed by atoms with Gasteiger partial charge in [0.05, 0.1) is 0 Å².